The maximum atomic E-state index is 12.6. The minimum absolute atomic E-state index is 0.166. The van der Waals surface area contributed by atoms with Crippen LogP contribution in [0.4, 0.5) is 4.79 Å². The first-order chi connectivity index (χ1) is 15.9. The van der Waals surface area contributed by atoms with Crippen LogP contribution in [-0.2, 0) is 19.0 Å². The van der Waals surface area contributed by atoms with Gasteiger partial charge in [-0.3, -0.25) is 15.0 Å². The van der Waals surface area contributed by atoms with E-state index in [9.17, 15) is 19.2 Å². The van der Waals surface area contributed by atoms with Crippen molar-refractivity contribution in [1.82, 2.24) is 10.2 Å². The summed E-state index contributed by atoms with van der Waals surface area (Å²) in [6, 6.07) is 16.4. The number of amides is 3. The van der Waals surface area contributed by atoms with E-state index in [0.29, 0.717) is 11.1 Å². The van der Waals surface area contributed by atoms with Crippen LogP contribution >= 0.6 is 0 Å². The van der Waals surface area contributed by atoms with Crippen LogP contribution < -0.4 is 5.32 Å². The van der Waals surface area contributed by atoms with Gasteiger partial charge in [-0.25, -0.2) is 14.4 Å². The van der Waals surface area contributed by atoms with Crippen molar-refractivity contribution in [2.45, 2.75) is 31.8 Å². The molecular formula is C24H24N2O7. The predicted octanol–water partition coefficient (Wildman–Crippen LogP) is 2.37. The fourth-order valence-electron chi connectivity index (χ4n) is 3.77. The highest BCUT2D eigenvalue weighted by atomic mass is 16.6. The highest BCUT2D eigenvalue weighted by Gasteiger charge is 2.45. The molecule has 172 valence electrons. The lowest BCUT2D eigenvalue weighted by molar-refractivity contribution is -0.128. The van der Waals surface area contributed by atoms with Gasteiger partial charge in [0.2, 0.25) is 5.91 Å². The van der Waals surface area contributed by atoms with Crippen molar-refractivity contribution >= 4 is 23.9 Å². The molecule has 9 heteroatoms. The first-order valence-electron chi connectivity index (χ1n) is 10.7. The molecule has 0 spiro atoms. The van der Waals surface area contributed by atoms with Crippen LogP contribution in [-0.4, -0.2) is 60.4 Å². The fraction of sp³-hybridized carbons (Fsp3) is 0.333. The largest absolute Gasteiger partial charge is 0.459 e. The molecule has 0 aromatic heterocycles. The third kappa shape index (κ3) is 5.20. The summed E-state index contributed by atoms with van der Waals surface area (Å²) in [5.41, 5.74) is 0.753. The van der Waals surface area contributed by atoms with Gasteiger partial charge in [-0.1, -0.05) is 43.3 Å². The van der Waals surface area contributed by atoms with Crippen molar-refractivity contribution in [2.75, 3.05) is 13.2 Å². The van der Waals surface area contributed by atoms with E-state index in [1.807, 2.05) is 0 Å². The van der Waals surface area contributed by atoms with Gasteiger partial charge in [0.25, 0.3) is 0 Å². The van der Waals surface area contributed by atoms with Crippen LogP contribution in [0.15, 0.2) is 60.7 Å². The zero-order valence-electron chi connectivity index (χ0n) is 18.0. The summed E-state index contributed by atoms with van der Waals surface area (Å²) in [6.07, 6.45) is -2.10. The van der Waals surface area contributed by atoms with Gasteiger partial charge >= 0.3 is 18.0 Å². The third-order valence-corrected chi connectivity index (χ3v) is 5.59. The Morgan fingerprint density at radius 3 is 2.24 bits per heavy atom. The number of imide groups is 1. The second-order valence-electron chi connectivity index (χ2n) is 7.99. The van der Waals surface area contributed by atoms with Crippen LogP contribution in [0.1, 0.15) is 34.1 Å². The summed E-state index contributed by atoms with van der Waals surface area (Å²) in [5, 5.41) is 2.30. The van der Waals surface area contributed by atoms with Crippen LogP contribution in [0, 0.1) is 5.92 Å². The van der Waals surface area contributed by atoms with E-state index in [1.165, 1.54) is 4.90 Å². The first-order valence-corrected chi connectivity index (χ1v) is 10.7. The molecule has 4 atom stereocenters. The van der Waals surface area contributed by atoms with E-state index in [0.717, 1.165) is 0 Å². The van der Waals surface area contributed by atoms with E-state index in [4.69, 9.17) is 14.2 Å². The number of urea groups is 1. The molecule has 2 saturated heterocycles. The van der Waals surface area contributed by atoms with E-state index in [2.05, 4.69) is 5.32 Å². The molecule has 1 N–H and O–H groups in total. The summed E-state index contributed by atoms with van der Waals surface area (Å²) in [4.78, 5) is 50.5. The molecule has 2 heterocycles. The average molecular weight is 452 g/mol. The van der Waals surface area contributed by atoms with Crippen molar-refractivity contribution in [2.24, 2.45) is 5.92 Å². The molecule has 4 rings (SSSR count). The Morgan fingerprint density at radius 2 is 1.61 bits per heavy atom. The molecule has 0 bridgehead atoms. The van der Waals surface area contributed by atoms with Gasteiger partial charge in [0.1, 0.15) is 25.0 Å². The zero-order valence-corrected chi connectivity index (χ0v) is 18.0. The molecule has 3 amide bonds. The van der Waals surface area contributed by atoms with Crippen LogP contribution in [0.3, 0.4) is 0 Å². The smallest absolute Gasteiger partial charge is 0.338 e. The number of hydrogen-bond donors (Lipinski definition) is 1. The Hall–Kier alpha value is -3.72. The molecule has 2 aromatic carbocycles. The van der Waals surface area contributed by atoms with Crippen LogP contribution in [0.25, 0.3) is 0 Å². The maximum absolute atomic E-state index is 12.6. The van der Waals surface area contributed by atoms with Crippen molar-refractivity contribution in [3.05, 3.63) is 71.8 Å². The van der Waals surface area contributed by atoms with E-state index >= 15 is 0 Å². The topological polar surface area (TPSA) is 111 Å². The number of nitrogens with one attached hydrogen (secondary N) is 1. The Morgan fingerprint density at radius 1 is 1.00 bits per heavy atom. The van der Waals surface area contributed by atoms with E-state index in [1.54, 1.807) is 67.6 Å². The highest BCUT2D eigenvalue weighted by Crippen LogP contribution is 2.29. The maximum Gasteiger partial charge on any atom is 0.338 e. The fourth-order valence-corrected chi connectivity index (χ4v) is 3.77. The molecule has 2 aromatic rings. The number of nitrogens with zero attached hydrogens (tertiary/aromatic N) is 1. The van der Waals surface area contributed by atoms with Gasteiger partial charge in [0.15, 0.2) is 0 Å². The number of hydrogen-bond acceptors (Lipinski definition) is 7. The minimum atomic E-state index is -0.781. The standard InChI is InChI=1S/C24H24N2O7/c1-15-13-26(24(30)25-21(15)27)20-12-18(33-23(29)17-10-6-3-7-11-17)19(32-20)14-31-22(28)16-8-4-2-5-9-16/h2-11,15,18-20H,12-14H2,1H3,(H,25,27,30)/t15?,18-,19+,20+/m0/s1. The van der Waals surface area contributed by atoms with Gasteiger partial charge < -0.3 is 14.2 Å². The van der Waals surface area contributed by atoms with E-state index in [-0.39, 0.29) is 25.5 Å². The third-order valence-electron chi connectivity index (χ3n) is 5.59. The summed E-state index contributed by atoms with van der Waals surface area (Å²) >= 11 is 0. The number of esters is 2. The van der Waals surface area contributed by atoms with Gasteiger partial charge in [0, 0.05) is 13.0 Å². The monoisotopic (exact) mass is 452 g/mol. The second-order valence-corrected chi connectivity index (χ2v) is 7.99. The SMILES string of the molecule is CC1CN([C@H]2C[C@H](OC(=O)c3ccccc3)[C@@H](COC(=O)c3ccccc3)O2)C(=O)NC1=O. The Kier molecular flexibility index (Phi) is 6.69. The summed E-state index contributed by atoms with van der Waals surface area (Å²) in [6.45, 7) is 1.71. The minimum Gasteiger partial charge on any atom is -0.459 e. The number of benzene rings is 2. The molecule has 1 unspecified atom stereocenters. The normalized spacial score (nSPS) is 24.8. The van der Waals surface area contributed by atoms with Crippen molar-refractivity contribution in [1.29, 1.82) is 0 Å². The first kappa shape index (κ1) is 22.5. The zero-order chi connectivity index (χ0) is 23.4. The summed E-state index contributed by atoms with van der Waals surface area (Å²) in [7, 11) is 0. The predicted molar refractivity (Wildman–Crippen MR) is 115 cm³/mol. The van der Waals surface area contributed by atoms with Gasteiger partial charge in [0.05, 0.1) is 17.0 Å². The second kappa shape index (κ2) is 9.83. The van der Waals surface area contributed by atoms with Crippen molar-refractivity contribution in [3.8, 4) is 0 Å². The Bertz CT molecular complexity index is 1030. The lowest BCUT2D eigenvalue weighted by Gasteiger charge is -2.34. The Balaban J connectivity index is 1.47. The van der Waals surface area contributed by atoms with Crippen LogP contribution in [0.2, 0.25) is 0 Å². The van der Waals surface area contributed by atoms with Crippen molar-refractivity contribution in [3.63, 3.8) is 0 Å². The molecule has 2 aliphatic heterocycles. The summed E-state index contributed by atoms with van der Waals surface area (Å²) < 4.78 is 17.1. The molecule has 0 saturated carbocycles. The number of ether oxygens (including phenoxy) is 3. The molecule has 0 radical (unpaired) electrons. The highest BCUT2D eigenvalue weighted by molar-refractivity contribution is 5.98. The molecular weight excluding hydrogens is 428 g/mol. The molecule has 2 aliphatic rings. The van der Waals surface area contributed by atoms with Gasteiger partial charge in [-0.05, 0) is 24.3 Å². The molecule has 0 aliphatic carbocycles. The number of carbonyl (C=O) groups is 4. The molecule has 2 fully saturated rings. The van der Waals surface area contributed by atoms with E-state index < -0.39 is 42.3 Å². The molecule has 9 nitrogen and oxygen atoms in total. The summed E-state index contributed by atoms with van der Waals surface area (Å²) in [5.74, 6) is -1.84. The quantitative estimate of drug-likeness (QED) is 0.670. The van der Waals surface area contributed by atoms with Crippen LogP contribution in [0.5, 0.6) is 0 Å². The number of carbonyl (C=O) groups excluding carboxylic acids is 4. The van der Waals surface area contributed by atoms with Gasteiger partial charge in [-0.2, -0.15) is 0 Å². The average Bonchev–Trinajstić information content (AvgIpc) is 3.23. The lowest BCUT2D eigenvalue weighted by atomic mass is 10.1. The number of rotatable bonds is 6. The van der Waals surface area contributed by atoms with Gasteiger partial charge in [-0.15, -0.1) is 0 Å². The lowest BCUT2D eigenvalue weighted by Crippen LogP contribution is -2.57. The van der Waals surface area contributed by atoms with Crippen molar-refractivity contribution < 1.29 is 33.4 Å². The Labute approximate surface area is 190 Å². The molecule has 33 heavy (non-hydrogen) atoms.